The Kier molecular flexibility index (Phi) is 4.01. The summed E-state index contributed by atoms with van der Waals surface area (Å²) in [6.07, 6.45) is 3.61. The van der Waals surface area contributed by atoms with Gasteiger partial charge in [0.25, 0.3) is 0 Å². The molecule has 22 heavy (non-hydrogen) atoms. The van der Waals surface area contributed by atoms with E-state index in [4.69, 9.17) is 0 Å². The molecule has 0 saturated carbocycles. The number of hydrogen-bond donors (Lipinski definition) is 2. The molecular weight excluding hydrogens is 272 g/mol. The topological polar surface area (TPSA) is 49.8 Å². The van der Waals surface area contributed by atoms with Gasteiger partial charge in [0.2, 0.25) is 0 Å². The second-order valence-corrected chi connectivity index (χ2v) is 4.98. The minimum absolute atomic E-state index is 0.649. The highest BCUT2D eigenvalue weighted by Crippen LogP contribution is 2.30. The first-order chi connectivity index (χ1) is 10.8. The molecule has 2 N–H and O–H groups in total. The van der Waals surface area contributed by atoms with E-state index < -0.39 is 0 Å². The fourth-order valence-electron chi connectivity index (χ4n) is 2.44. The molecule has 3 rings (SSSR count). The van der Waals surface area contributed by atoms with Crippen LogP contribution in [0.3, 0.4) is 0 Å². The number of rotatable bonds is 6. The standard InChI is InChI=1S/C18H18N4/c1-3-9-19-17-15-11-13-7-5-6-8-14(13)12-16(15)18(22-21-17)20-10-4-2/h3-8,11-12H,1-2,9-10H2,(H,19,21)(H,20,22). The fourth-order valence-corrected chi connectivity index (χ4v) is 2.44. The molecule has 0 aliphatic carbocycles. The number of aromatic nitrogens is 2. The predicted molar refractivity (Wildman–Crippen MR) is 94.4 cm³/mol. The fraction of sp³-hybridized carbons (Fsp3) is 0.111. The zero-order valence-electron chi connectivity index (χ0n) is 12.3. The van der Waals surface area contributed by atoms with Gasteiger partial charge in [-0.05, 0) is 22.9 Å². The van der Waals surface area contributed by atoms with Gasteiger partial charge in [-0.25, -0.2) is 0 Å². The maximum atomic E-state index is 4.30. The highest BCUT2D eigenvalue weighted by Gasteiger charge is 2.10. The summed E-state index contributed by atoms with van der Waals surface area (Å²) in [6.45, 7) is 8.76. The number of benzene rings is 2. The smallest absolute Gasteiger partial charge is 0.157 e. The van der Waals surface area contributed by atoms with E-state index in [1.165, 1.54) is 10.8 Å². The molecule has 0 fully saturated rings. The van der Waals surface area contributed by atoms with Crippen LogP contribution in [0.15, 0.2) is 61.7 Å². The number of hydrogen-bond acceptors (Lipinski definition) is 4. The van der Waals surface area contributed by atoms with Gasteiger partial charge in [0.15, 0.2) is 11.6 Å². The molecular formula is C18H18N4. The number of fused-ring (bicyclic) bond motifs is 2. The van der Waals surface area contributed by atoms with Gasteiger partial charge >= 0.3 is 0 Å². The Hall–Kier alpha value is -2.88. The average molecular weight is 290 g/mol. The van der Waals surface area contributed by atoms with Crippen LogP contribution >= 0.6 is 0 Å². The summed E-state index contributed by atoms with van der Waals surface area (Å²) in [5, 5.41) is 19.5. The van der Waals surface area contributed by atoms with Crippen molar-refractivity contribution in [2.75, 3.05) is 23.7 Å². The Bertz CT molecular complexity index is 769. The van der Waals surface area contributed by atoms with Gasteiger partial charge in [-0.1, -0.05) is 36.4 Å². The van der Waals surface area contributed by atoms with E-state index in [0.29, 0.717) is 13.1 Å². The van der Waals surface area contributed by atoms with Crippen LogP contribution in [0.4, 0.5) is 11.6 Å². The van der Waals surface area contributed by atoms with Gasteiger partial charge in [-0.3, -0.25) is 0 Å². The minimum Gasteiger partial charge on any atom is -0.365 e. The second kappa shape index (κ2) is 6.26. The van der Waals surface area contributed by atoms with E-state index >= 15 is 0 Å². The molecule has 1 aromatic heterocycles. The lowest BCUT2D eigenvalue weighted by atomic mass is 10.0. The zero-order valence-corrected chi connectivity index (χ0v) is 12.3. The Balaban J connectivity index is 2.22. The molecule has 0 saturated heterocycles. The lowest BCUT2D eigenvalue weighted by molar-refractivity contribution is 1.03. The largest absolute Gasteiger partial charge is 0.365 e. The molecule has 4 heteroatoms. The second-order valence-electron chi connectivity index (χ2n) is 4.98. The zero-order chi connectivity index (χ0) is 15.4. The van der Waals surface area contributed by atoms with Crippen molar-refractivity contribution in [2.24, 2.45) is 0 Å². The van der Waals surface area contributed by atoms with E-state index in [0.717, 1.165) is 22.4 Å². The van der Waals surface area contributed by atoms with Gasteiger partial charge in [0.05, 0.1) is 0 Å². The summed E-state index contributed by atoms with van der Waals surface area (Å²) in [4.78, 5) is 0. The third kappa shape index (κ3) is 2.63. The molecule has 0 atom stereocenters. The van der Waals surface area contributed by atoms with Gasteiger partial charge in [-0.15, -0.1) is 23.4 Å². The Morgan fingerprint density at radius 1 is 0.818 bits per heavy atom. The first-order valence-electron chi connectivity index (χ1n) is 7.22. The molecule has 1 heterocycles. The van der Waals surface area contributed by atoms with Crippen LogP contribution in [0.1, 0.15) is 0 Å². The molecule has 0 unspecified atom stereocenters. The quantitative estimate of drug-likeness (QED) is 0.532. The predicted octanol–water partition coefficient (Wildman–Crippen LogP) is 3.98. The van der Waals surface area contributed by atoms with Crippen LogP contribution in [0.25, 0.3) is 21.5 Å². The summed E-state index contributed by atoms with van der Waals surface area (Å²) < 4.78 is 0. The van der Waals surface area contributed by atoms with Crippen molar-refractivity contribution in [3.8, 4) is 0 Å². The van der Waals surface area contributed by atoms with E-state index in [-0.39, 0.29) is 0 Å². The van der Waals surface area contributed by atoms with Crippen molar-refractivity contribution in [3.63, 3.8) is 0 Å². The minimum atomic E-state index is 0.649. The van der Waals surface area contributed by atoms with Crippen molar-refractivity contribution in [1.29, 1.82) is 0 Å². The Morgan fingerprint density at radius 3 is 1.68 bits per heavy atom. The first kappa shape index (κ1) is 14.1. The van der Waals surface area contributed by atoms with Gasteiger partial charge < -0.3 is 10.6 Å². The molecule has 0 amide bonds. The van der Waals surface area contributed by atoms with E-state index in [9.17, 15) is 0 Å². The van der Waals surface area contributed by atoms with Crippen LogP contribution in [0, 0.1) is 0 Å². The molecule has 0 radical (unpaired) electrons. The van der Waals surface area contributed by atoms with Crippen LogP contribution in [-0.4, -0.2) is 23.3 Å². The third-order valence-corrected chi connectivity index (χ3v) is 3.47. The van der Waals surface area contributed by atoms with Crippen LogP contribution < -0.4 is 10.6 Å². The maximum Gasteiger partial charge on any atom is 0.157 e. The monoisotopic (exact) mass is 290 g/mol. The van der Waals surface area contributed by atoms with Crippen molar-refractivity contribution in [3.05, 3.63) is 61.7 Å². The molecule has 110 valence electrons. The third-order valence-electron chi connectivity index (χ3n) is 3.47. The SMILES string of the molecule is C=CCNc1nnc(NCC=C)c2cc3ccccc3cc12. The van der Waals surface area contributed by atoms with E-state index in [1.807, 2.05) is 12.1 Å². The van der Waals surface area contributed by atoms with Crippen molar-refractivity contribution < 1.29 is 0 Å². The summed E-state index contributed by atoms with van der Waals surface area (Å²) in [7, 11) is 0. The van der Waals surface area contributed by atoms with Gasteiger partial charge in [0, 0.05) is 23.9 Å². The van der Waals surface area contributed by atoms with Crippen LogP contribution in [-0.2, 0) is 0 Å². The molecule has 4 nitrogen and oxygen atoms in total. The lowest BCUT2D eigenvalue weighted by Gasteiger charge is -2.12. The highest BCUT2D eigenvalue weighted by molar-refractivity contribution is 6.06. The maximum absolute atomic E-state index is 4.30. The molecule has 3 aromatic rings. The number of nitrogens with zero attached hydrogens (tertiary/aromatic N) is 2. The normalized spacial score (nSPS) is 10.5. The van der Waals surface area contributed by atoms with Gasteiger partial charge in [0.1, 0.15) is 0 Å². The van der Waals surface area contributed by atoms with Crippen molar-refractivity contribution in [2.45, 2.75) is 0 Å². The average Bonchev–Trinajstić information content (AvgIpc) is 2.57. The van der Waals surface area contributed by atoms with Crippen LogP contribution in [0.2, 0.25) is 0 Å². The summed E-state index contributed by atoms with van der Waals surface area (Å²) in [5.41, 5.74) is 0. The Labute approximate surface area is 129 Å². The first-order valence-corrected chi connectivity index (χ1v) is 7.22. The van der Waals surface area contributed by atoms with Crippen molar-refractivity contribution >= 4 is 33.2 Å². The summed E-state index contributed by atoms with van der Waals surface area (Å²) in [6, 6.07) is 12.6. The summed E-state index contributed by atoms with van der Waals surface area (Å²) in [5.74, 6) is 1.54. The van der Waals surface area contributed by atoms with Crippen molar-refractivity contribution in [1.82, 2.24) is 10.2 Å². The molecule has 2 aromatic carbocycles. The molecule has 0 aliphatic rings. The van der Waals surface area contributed by atoms with Gasteiger partial charge in [-0.2, -0.15) is 0 Å². The van der Waals surface area contributed by atoms with E-state index in [1.54, 1.807) is 12.2 Å². The summed E-state index contributed by atoms with van der Waals surface area (Å²) >= 11 is 0. The molecule has 0 aliphatic heterocycles. The number of nitrogens with one attached hydrogen (secondary N) is 2. The molecule has 0 spiro atoms. The number of anilines is 2. The highest BCUT2D eigenvalue weighted by atomic mass is 15.2. The van der Waals surface area contributed by atoms with Crippen LogP contribution in [0.5, 0.6) is 0 Å². The van der Waals surface area contributed by atoms with E-state index in [2.05, 4.69) is 58.3 Å². The molecule has 0 bridgehead atoms. The Morgan fingerprint density at radius 2 is 1.27 bits per heavy atom. The lowest BCUT2D eigenvalue weighted by Crippen LogP contribution is -2.07.